The molecule has 3 heteroatoms. The van der Waals surface area contributed by atoms with E-state index in [2.05, 4.69) is 42.9 Å². The largest absolute Gasteiger partial charge is 0.377 e. The van der Waals surface area contributed by atoms with Crippen LogP contribution in [-0.2, 0) is 11.2 Å². The highest BCUT2D eigenvalue weighted by atomic mass is 32.1. The first-order valence-corrected chi connectivity index (χ1v) is 7.62. The summed E-state index contributed by atoms with van der Waals surface area (Å²) < 4.78 is 5.82. The van der Waals surface area contributed by atoms with Gasteiger partial charge >= 0.3 is 0 Å². The lowest BCUT2D eigenvalue weighted by molar-refractivity contribution is 0.0301. The standard InChI is InChI=1S/C14H25NOS/c1-4-14(16-6-3)13(15-5-2)8-7-12-9-10-17-11-12/h9-11,13-15H,4-8H2,1-3H3. The summed E-state index contributed by atoms with van der Waals surface area (Å²) in [6.45, 7) is 8.26. The lowest BCUT2D eigenvalue weighted by Crippen LogP contribution is -2.41. The Morgan fingerprint density at radius 3 is 2.71 bits per heavy atom. The molecule has 1 N–H and O–H groups in total. The fraction of sp³-hybridized carbons (Fsp3) is 0.714. The van der Waals surface area contributed by atoms with Gasteiger partial charge in [-0.05, 0) is 55.1 Å². The molecule has 0 aliphatic rings. The van der Waals surface area contributed by atoms with Crippen molar-refractivity contribution >= 4 is 11.3 Å². The van der Waals surface area contributed by atoms with E-state index in [0.717, 1.165) is 32.4 Å². The van der Waals surface area contributed by atoms with Crippen molar-refractivity contribution < 1.29 is 4.74 Å². The van der Waals surface area contributed by atoms with E-state index in [-0.39, 0.29) is 0 Å². The molecule has 2 unspecified atom stereocenters. The maximum absolute atomic E-state index is 5.82. The summed E-state index contributed by atoms with van der Waals surface area (Å²) in [6.07, 6.45) is 3.72. The average Bonchev–Trinajstić information content (AvgIpc) is 2.85. The number of thiophene rings is 1. The van der Waals surface area contributed by atoms with Crippen LogP contribution in [0.4, 0.5) is 0 Å². The maximum atomic E-state index is 5.82. The molecule has 1 rings (SSSR count). The highest BCUT2D eigenvalue weighted by molar-refractivity contribution is 7.07. The van der Waals surface area contributed by atoms with Gasteiger partial charge in [0.2, 0.25) is 0 Å². The Hall–Kier alpha value is -0.380. The summed E-state index contributed by atoms with van der Waals surface area (Å²) in [5.41, 5.74) is 1.45. The molecule has 0 fully saturated rings. The normalized spacial score (nSPS) is 14.8. The van der Waals surface area contributed by atoms with Gasteiger partial charge in [-0.25, -0.2) is 0 Å². The van der Waals surface area contributed by atoms with Gasteiger partial charge in [0.25, 0.3) is 0 Å². The molecule has 1 heterocycles. The minimum absolute atomic E-state index is 0.346. The predicted octanol–water partition coefficient (Wildman–Crippen LogP) is 3.47. The van der Waals surface area contributed by atoms with Crippen LogP contribution in [-0.4, -0.2) is 25.3 Å². The lowest BCUT2D eigenvalue weighted by atomic mass is 10.0. The van der Waals surface area contributed by atoms with Crippen molar-refractivity contribution in [2.24, 2.45) is 0 Å². The van der Waals surface area contributed by atoms with Crippen molar-refractivity contribution in [2.45, 2.75) is 52.2 Å². The van der Waals surface area contributed by atoms with Crippen LogP contribution >= 0.6 is 11.3 Å². The second kappa shape index (κ2) is 8.67. The molecule has 0 amide bonds. The van der Waals surface area contributed by atoms with Crippen LogP contribution in [0.15, 0.2) is 16.8 Å². The molecule has 1 aromatic rings. The SMILES string of the molecule is CCNC(CCc1ccsc1)C(CC)OCC. The molecule has 0 saturated heterocycles. The zero-order valence-corrected chi connectivity index (χ0v) is 12.1. The summed E-state index contributed by atoms with van der Waals surface area (Å²) in [5, 5.41) is 7.95. The molecule has 1 aromatic heterocycles. The third kappa shape index (κ3) is 5.19. The molecule has 0 saturated carbocycles. The van der Waals surface area contributed by atoms with E-state index in [1.165, 1.54) is 5.56 Å². The number of nitrogens with one attached hydrogen (secondary N) is 1. The third-order valence-corrected chi connectivity index (χ3v) is 3.75. The van der Waals surface area contributed by atoms with Gasteiger partial charge in [0.05, 0.1) is 6.10 Å². The predicted molar refractivity (Wildman–Crippen MR) is 75.8 cm³/mol. The smallest absolute Gasteiger partial charge is 0.0725 e. The summed E-state index contributed by atoms with van der Waals surface area (Å²) in [7, 11) is 0. The molecule has 2 atom stereocenters. The van der Waals surface area contributed by atoms with Gasteiger partial charge in [0, 0.05) is 12.6 Å². The second-order valence-electron chi connectivity index (χ2n) is 4.24. The highest BCUT2D eigenvalue weighted by Gasteiger charge is 2.19. The van der Waals surface area contributed by atoms with Crippen molar-refractivity contribution in [2.75, 3.05) is 13.2 Å². The van der Waals surface area contributed by atoms with E-state index in [0.29, 0.717) is 12.1 Å². The van der Waals surface area contributed by atoms with E-state index in [4.69, 9.17) is 4.74 Å². The molecule has 2 nitrogen and oxygen atoms in total. The van der Waals surface area contributed by atoms with Crippen LogP contribution in [0.3, 0.4) is 0 Å². The summed E-state index contributed by atoms with van der Waals surface area (Å²) in [6, 6.07) is 2.69. The Bertz CT molecular complexity index is 274. The van der Waals surface area contributed by atoms with Crippen LogP contribution in [0, 0.1) is 0 Å². The van der Waals surface area contributed by atoms with Gasteiger partial charge in [-0.1, -0.05) is 13.8 Å². The van der Waals surface area contributed by atoms with Gasteiger partial charge in [-0.3, -0.25) is 0 Å². The van der Waals surface area contributed by atoms with E-state index in [9.17, 15) is 0 Å². The van der Waals surface area contributed by atoms with Gasteiger partial charge in [0.15, 0.2) is 0 Å². The van der Waals surface area contributed by atoms with Crippen LogP contribution in [0.2, 0.25) is 0 Å². The lowest BCUT2D eigenvalue weighted by Gasteiger charge is -2.26. The minimum Gasteiger partial charge on any atom is -0.377 e. The molecular formula is C14H25NOS. The first-order chi connectivity index (χ1) is 8.31. The Kier molecular flexibility index (Phi) is 7.49. The van der Waals surface area contributed by atoms with Gasteiger partial charge < -0.3 is 10.1 Å². The van der Waals surface area contributed by atoms with Gasteiger partial charge in [-0.15, -0.1) is 0 Å². The summed E-state index contributed by atoms with van der Waals surface area (Å²) in [4.78, 5) is 0. The summed E-state index contributed by atoms with van der Waals surface area (Å²) in [5.74, 6) is 0. The summed E-state index contributed by atoms with van der Waals surface area (Å²) >= 11 is 1.78. The minimum atomic E-state index is 0.346. The molecule has 17 heavy (non-hydrogen) atoms. The Labute approximate surface area is 109 Å². The van der Waals surface area contributed by atoms with E-state index < -0.39 is 0 Å². The van der Waals surface area contributed by atoms with E-state index in [1.54, 1.807) is 11.3 Å². The number of rotatable bonds is 9. The van der Waals surface area contributed by atoms with Crippen molar-refractivity contribution in [1.29, 1.82) is 0 Å². The zero-order chi connectivity index (χ0) is 12.5. The van der Waals surface area contributed by atoms with Crippen LogP contribution in [0.25, 0.3) is 0 Å². The Morgan fingerprint density at radius 2 is 2.18 bits per heavy atom. The number of hydrogen-bond acceptors (Lipinski definition) is 3. The maximum Gasteiger partial charge on any atom is 0.0725 e. The molecule has 0 aliphatic carbocycles. The highest BCUT2D eigenvalue weighted by Crippen LogP contribution is 2.14. The average molecular weight is 255 g/mol. The topological polar surface area (TPSA) is 21.3 Å². The molecule has 98 valence electrons. The van der Waals surface area contributed by atoms with E-state index >= 15 is 0 Å². The molecule has 0 aromatic carbocycles. The number of hydrogen-bond donors (Lipinski definition) is 1. The monoisotopic (exact) mass is 255 g/mol. The van der Waals surface area contributed by atoms with Crippen molar-refractivity contribution in [3.05, 3.63) is 22.4 Å². The molecule has 0 radical (unpaired) electrons. The number of likely N-dealkylation sites (N-methyl/N-ethyl adjacent to an activating group) is 1. The van der Waals surface area contributed by atoms with E-state index in [1.807, 2.05) is 0 Å². The van der Waals surface area contributed by atoms with Crippen molar-refractivity contribution in [3.8, 4) is 0 Å². The second-order valence-corrected chi connectivity index (χ2v) is 5.02. The van der Waals surface area contributed by atoms with Gasteiger partial charge in [0.1, 0.15) is 0 Å². The quantitative estimate of drug-likeness (QED) is 0.729. The Morgan fingerprint density at radius 1 is 1.35 bits per heavy atom. The van der Waals surface area contributed by atoms with Gasteiger partial charge in [-0.2, -0.15) is 11.3 Å². The fourth-order valence-corrected chi connectivity index (χ4v) is 2.87. The number of ether oxygens (including phenoxy) is 1. The molecule has 0 spiro atoms. The number of aryl methyl sites for hydroxylation is 1. The first kappa shape index (κ1) is 14.7. The van der Waals surface area contributed by atoms with Crippen molar-refractivity contribution in [3.63, 3.8) is 0 Å². The van der Waals surface area contributed by atoms with Crippen LogP contribution in [0.1, 0.15) is 39.2 Å². The van der Waals surface area contributed by atoms with Crippen LogP contribution in [0.5, 0.6) is 0 Å². The van der Waals surface area contributed by atoms with Crippen molar-refractivity contribution in [1.82, 2.24) is 5.32 Å². The third-order valence-electron chi connectivity index (χ3n) is 3.02. The zero-order valence-electron chi connectivity index (χ0n) is 11.2. The molecule has 0 aliphatic heterocycles. The molecule has 0 bridgehead atoms. The van der Waals surface area contributed by atoms with Crippen LogP contribution < -0.4 is 5.32 Å². The fourth-order valence-electron chi connectivity index (χ4n) is 2.17. The molecular weight excluding hydrogens is 230 g/mol. The first-order valence-electron chi connectivity index (χ1n) is 6.67. The Balaban J connectivity index is 2.45.